The molecule has 2 N–H and O–H groups in total. The average molecular weight is 272 g/mol. The van der Waals surface area contributed by atoms with Crippen LogP contribution < -0.4 is 10.9 Å². The molecule has 0 radical (unpaired) electrons. The van der Waals surface area contributed by atoms with E-state index in [-0.39, 0.29) is 17.9 Å². The van der Waals surface area contributed by atoms with E-state index in [9.17, 15) is 9.59 Å². The average Bonchev–Trinajstić information content (AvgIpc) is 2.42. The highest BCUT2D eigenvalue weighted by molar-refractivity contribution is 5.85. The summed E-state index contributed by atoms with van der Waals surface area (Å²) in [5, 5.41) is 2.47. The Balaban J connectivity index is 2.00. The number of hydrogen-bond donors (Lipinski definition) is 2. The Kier molecular flexibility index (Phi) is 4.20. The first-order valence-corrected chi connectivity index (χ1v) is 6.24. The molecule has 0 unspecified atom stereocenters. The lowest BCUT2D eigenvalue weighted by atomic mass is 10.2. The molecule has 20 heavy (non-hydrogen) atoms. The summed E-state index contributed by atoms with van der Waals surface area (Å²) >= 11 is 0. The number of hydrogen-bond acceptors (Lipinski definition) is 3. The first-order valence-electron chi connectivity index (χ1n) is 6.24. The van der Waals surface area contributed by atoms with Gasteiger partial charge < -0.3 is 9.72 Å². The number of aryl methyl sites for hydroxylation is 2. The van der Waals surface area contributed by atoms with Crippen LogP contribution in [0, 0.1) is 13.8 Å². The van der Waals surface area contributed by atoms with Crippen LogP contribution in [0.2, 0.25) is 0 Å². The van der Waals surface area contributed by atoms with Crippen molar-refractivity contribution in [3.8, 4) is 0 Å². The molecule has 1 aromatic carbocycles. The van der Waals surface area contributed by atoms with Crippen molar-refractivity contribution in [1.29, 1.82) is 0 Å². The molecular formula is C15H16N2O3. The Labute approximate surface area is 116 Å². The summed E-state index contributed by atoms with van der Waals surface area (Å²) in [6.07, 6.45) is -0.647. The second kappa shape index (κ2) is 6.06. The molecule has 1 aromatic heterocycles. The van der Waals surface area contributed by atoms with E-state index < -0.39 is 6.09 Å². The van der Waals surface area contributed by atoms with Gasteiger partial charge in [0.1, 0.15) is 12.3 Å². The Bertz CT molecular complexity index is 663. The van der Waals surface area contributed by atoms with Gasteiger partial charge in [0.15, 0.2) is 0 Å². The fraction of sp³-hybridized carbons (Fsp3) is 0.200. The molecule has 0 aliphatic heterocycles. The zero-order valence-corrected chi connectivity index (χ0v) is 11.4. The molecule has 0 spiro atoms. The Morgan fingerprint density at radius 2 is 1.95 bits per heavy atom. The highest BCUT2D eigenvalue weighted by atomic mass is 16.5. The molecule has 5 nitrogen and oxygen atoms in total. The summed E-state index contributed by atoms with van der Waals surface area (Å²) in [5.74, 6) is 0. The second-order valence-corrected chi connectivity index (χ2v) is 4.53. The van der Waals surface area contributed by atoms with Crippen molar-refractivity contribution < 1.29 is 9.53 Å². The first kappa shape index (κ1) is 13.9. The molecular weight excluding hydrogens is 256 g/mol. The lowest BCUT2D eigenvalue weighted by Crippen LogP contribution is -2.22. The molecule has 5 heteroatoms. The van der Waals surface area contributed by atoms with Gasteiger partial charge in [-0.15, -0.1) is 0 Å². The van der Waals surface area contributed by atoms with E-state index in [0.29, 0.717) is 5.56 Å². The summed E-state index contributed by atoms with van der Waals surface area (Å²) in [6.45, 7) is 3.70. The minimum Gasteiger partial charge on any atom is -0.444 e. The topological polar surface area (TPSA) is 71.2 Å². The summed E-state index contributed by atoms with van der Waals surface area (Å²) in [4.78, 5) is 26.1. The number of nitrogens with one attached hydrogen (secondary N) is 2. The third kappa shape index (κ3) is 3.47. The van der Waals surface area contributed by atoms with Crippen LogP contribution in [0.5, 0.6) is 0 Å². The van der Waals surface area contributed by atoms with E-state index in [2.05, 4.69) is 10.3 Å². The summed E-state index contributed by atoms with van der Waals surface area (Å²) in [7, 11) is 0. The van der Waals surface area contributed by atoms with Crippen molar-refractivity contribution in [2.45, 2.75) is 20.5 Å². The standard InChI is InChI=1S/C15H16N2O3/c1-10-8-11(2)16-14(18)13(10)17-15(19)20-9-12-6-4-3-5-7-12/h3-8H,9H2,1-2H3,(H,16,18)(H,17,19). The predicted octanol–water partition coefficient (Wildman–Crippen LogP) is 2.74. The maximum absolute atomic E-state index is 11.7. The maximum Gasteiger partial charge on any atom is 0.412 e. The van der Waals surface area contributed by atoms with Crippen LogP contribution in [0.15, 0.2) is 41.2 Å². The molecule has 0 bridgehead atoms. The number of amides is 1. The van der Waals surface area contributed by atoms with Crippen LogP contribution in [0.3, 0.4) is 0 Å². The zero-order valence-electron chi connectivity index (χ0n) is 11.4. The molecule has 0 saturated carbocycles. The van der Waals surface area contributed by atoms with Crippen LogP contribution in [0.1, 0.15) is 16.8 Å². The number of H-pyrrole nitrogens is 1. The van der Waals surface area contributed by atoms with Crippen LogP contribution in [0.25, 0.3) is 0 Å². The van der Waals surface area contributed by atoms with Crippen molar-refractivity contribution in [3.05, 3.63) is 63.6 Å². The largest absolute Gasteiger partial charge is 0.444 e. The molecule has 2 aromatic rings. The summed E-state index contributed by atoms with van der Waals surface area (Å²) in [5.41, 5.74) is 2.21. The van der Waals surface area contributed by atoms with E-state index >= 15 is 0 Å². The van der Waals surface area contributed by atoms with Crippen molar-refractivity contribution >= 4 is 11.8 Å². The number of carbonyl (C=O) groups excluding carboxylic acids is 1. The van der Waals surface area contributed by atoms with Crippen molar-refractivity contribution in [3.63, 3.8) is 0 Å². The number of aromatic nitrogens is 1. The van der Waals surface area contributed by atoms with Crippen LogP contribution >= 0.6 is 0 Å². The Morgan fingerprint density at radius 1 is 1.25 bits per heavy atom. The number of aromatic amines is 1. The molecule has 104 valence electrons. The minimum atomic E-state index is -0.647. The van der Waals surface area contributed by atoms with E-state index in [1.54, 1.807) is 19.9 Å². The van der Waals surface area contributed by atoms with E-state index in [4.69, 9.17) is 4.74 Å². The number of anilines is 1. The highest BCUT2D eigenvalue weighted by Crippen LogP contribution is 2.10. The number of pyridine rings is 1. The van der Waals surface area contributed by atoms with Crippen molar-refractivity contribution in [2.24, 2.45) is 0 Å². The van der Waals surface area contributed by atoms with Gasteiger partial charge in [0.25, 0.3) is 5.56 Å². The number of ether oxygens (including phenoxy) is 1. The lowest BCUT2D eigenvalue weighted by molar-refractivity contribution is 0.155. The quantitative estimate of drug-likeness (QED) is 0.902. The van der Waals surface area contributed by atoms with Gasteiger partial charge in [0, 0.05) is 5.69 Å². The SMILES string of the molecule is Cc1cc(C)c(NC(=O)OCc2ccccc2)c(=O)[nH]1. The van der Waals surface area contributed by atoms with Gasteiger partial charge in [-0.1, -0.05) is 30.3 Å². The zero-order chi connectivity index (χ0) is 14.5. The predicted molar refractivity (Wildman–Crippen MR) is 76.8 cm³/mol. The third-order valence-corrected chi connectivity index (χ3v) is 2.80. The second-order valence-electron chi connectivity index (χ2n) is 4.53. The molecule has 1 heterocycles. The monoisotopic (exact) mass is 272 g/mol. The van der Waals surface area contributed by atoms with Crippen LogP contribution in [-0.2, 0) is 11.3 Å². The van der Waals surface area contributed by atoms with E-state index in [0.717, 1.165) is 11.3 Å². The number of benzene rings is 1. The highest BCUT2D eigenvalue weighted by Gasteiger charge is 2.10. The normalized spacial score (nSPS) is 10.1. The summed E-state index contributed by atoms with van der Waals surface area (Å²) in [6, 6.07) is 11.1. The fourth-order valence-corrected chi connectivity index (χ4v) is 1.87. The summed E-state index contributed by atoms with van der Waals surface area (Å²) < 4.78 is 5.07. The van der Waals surface area contributed by atoms with Gasteiger partial charge in [-0.3, -0.25) is 10.1 Å². The molecule has 0 aliphatic rings. The van der Waals surface area contributed by atoms with Gasteiger partial charge >= 0.3 is 6.09 Å². The Hall–Kier alpha value is -2.56. The third-order valence-electron chi connectivity index (χ3n) is 2.80. The van der Waals surface area contributed by atoms with Gasteiger partial charge in [-0.2, -0.15) is 0 Å². The molecule has 2 rings (SSSR count). The van der Waals surface area contributed by atoms with E-state index in [1.165, 1.54) is 0 Å². The fourth-order valence-electron chi connectivity index (χ4n) is 1.87. The maximum atomic E-state index is 11.7. The minimum absolute atomic E-state index is 0.162. The van der Waals surface area contributed by atoms with Gasteiger partial charge in [0.05, 0.1) is 0 Å². The molecule has 1 amide bonds. The smallest absolute Gasteiger partial charge is 0.412 e. The van der Waals surface area contributed by atoms with Crippen molar-refractivity contribution in [2.75, 3.05) is 5.32 Å². The number of rotatable bonds is 3. The van der Waals surface area contributed by atoms with Crippen LogP contribution in [-0.4, -0.2) is 11.1 Å². The first-order chi connectivity index (χ1) is 9.56. The van der Waals surface area contributed by atoms with Crippen molar-refractivity contribution in [1.82, 2.24) is 4.98 Å². The van der Waals surface area contributed by atoms with Gasteiger partial charge in [-0.25, -0.2) is 4.79 Å². The Morgan fingerprint density at radius 3 is 2.60 bits per heavy atom. The molecule has 0 saturated heterocycles. The van der Waals surface area contributed by atoms with Gasteiger partial charge in [0.2, 0.25) is 0 Å². The van der Waals surface area contributed by atoms with Crippen LogP contribution in [0.4, 0.5) is 10.5 Å². The molecule has 0 aliphatic carbocycles. The lowest BCUT2D eigenvalue weighted by Gasteiger charge is -2.09. The van der Waals surface area contributed by atoms with Gasteiger partial charge in [-0.05, 0) is 31.0 Å². The number of carbonyl (C=O) groups is 1. The van der Waals surface area contributed by atoms with E-state index in [1.807, 2.05) is 30.3 Å². The molecule has 0 fully saturated rings. The molecule has 0 atom stereocenters.